The Bertz CT molecular complexity index is 1750. The maximum absolute atomic E-state index is 13.9. The first-order valence-corrected chi connectivity index (χ1v) is 14.9. The van der Waals surface area contributed by atoms with Crippen LogP contribution < -0.4 is 15.5 Å². The van der Waals surface area contributed by atoms with Crippen LogP contribution in [0.1, 0.15) is 68.8 Å². The monoisotopic (exact) mass is 712 g/mol. The fourth-order valence-corrected chi connectivity index (χ4v) is 6.47. The first-order valence-electron chi connectivity index (χ1n) is 14.9. The summed E-state index contributed by atoms with van der Waals surface area (Å²) in [7, 11) is 1.24. The van der Waals surface area contributed by atoms with E-state index in [1.165, 1.54) is 32.2 Å². The van der Waals surface area contributed by atoms with E-state index in [-0.39, 0.29) is 34.3 Å². The van der Waals surface area contributed by atoms with Gasteiger partial charge >= 0.3 is 18.1 Å². The van der Waals surface area contributed by atoms with Gasteiger partial charge in [-0.25, -0.2) is 4.79 Å². The summed E-state index contributed by atoms with van der Waals surface area (Å²) in [6.07, 6.45) is -13.4. The number of carboxylic acid groups (broad SMARTS) is 1. The Morgan fingerprint density at radius 3 is 2.44 bits per heavy atom. The lowest BCUT2D eigenvalue weighted by Gasteiger charge is -2.44. The number of methoxy groups -OCH3 is 1. The number of aliphatic hydroxyl groups is 2. The number of halogens is 3. The van der Waals surface area contributed by atoms with E-state index >= 15 is 0 Å². The molecule has 0 spiro atoms. The molecule has 5 rings (SSSR count). The number of aldehydes is 1. The Kier molecular flexibility index (Phi) is 9.94. The number of carboxylic acids is 1. The molecule has 5 unspecified atom stereocenters. The minimum Gasteiger partial charge on any atom is -0.507 e. The van der Waals surface area contributed by atoms with Crippen LogP contribution in [0.2, 0.25) is 0 Å². The minimum atomic E-state index is -5.30. The van der Waals surface area contributed by atoms with Crippen LogP contribution in [0.15, 0.2) is 18.2 Å². The zero-order valence-electron chi connectivity index (χ0n) is 26.1. The number of phenolic OH excluding ortho intramolecular Hbond substituents is 2. The van der Waals surface area contributed by atoms with Gasteiger partial charge in [-0.1, -0.05) is 12.1 Å². The number of aliphatic carboxylic acids is 1. The molecule has 1 amide bonds. The first-order chi connectivity index (χ1) is 23.4. The molecule has 50 heavy (non-hydrogen) atoms. The number of fused-ring (bicyclic) bond motifs is 3. The van der Waals surface area contributed by atoms with Crippen molar-refractivity contribution in [2.24, 2.45) is 0 Å². The number of carbonyl (C=O) groups excluding carboxylic acids is 4. The summed E-state index contributed by atoms with van der Waals surface area (Å²) in [5, 5.41) is 56.2. The number of benzene rings is 2. The molecule has 270 valence electrons. The Hall–Kier alpha value is -4.66. The second kappa shape index (κ2) is 13.6. The first kappa shape index (κ1) is 36.6. The van der Waals surface area contributed by atoms with E-state index in [9.17, 15) is 57.6 Å². The van der Waals surface area contributed by atoms with Gasteiger partial charge in [0.15, 0.2) is 18.7 Å². The summed E-state index contributed by atoms with van der Waals surface area (Å²) < 4.78 is 56.0. The van der Waals surface area contributed by atoms with E-state index in [2.05, 4.69) is 5.48 Å². The molecular formula is C31H31F3N2O14. The Balaban J connectivity index is 1.62. The number of rotatable bonds is 10. The molecule has 2 aromatic carbocycles. The van der Waals surface area contributed by atoms with Gasteiger partial charge in [0.05, 0.1) is 47.7 Å². The average Bonchev–Trinajstić information content (AvgIpc) is 3.04. The summed E-state index contributed by atoms with van der Waals surface area (Å²) >= 11 is 0. The molecule has 0 bridgehead atoms. The van der Waals surface area contributed by atoms with Crippen molar-refractivity contribution in [1.82, 2.24) is 10.8 Å². The van der Waals surface area contributed by atoms with Crippen LogP contribution >= 0.6 is 0 Å². The predicted molar refractivity (Wildman–Crippen MR) is 156 cm³/mol. The maximum Gasteiger partial charge on any atom is 0.471 e. The number of hydrogen-bond acceptors (Lipinski definition) is 14. The molecule has 2 aromatic rings. The fourth-order valence-electron chi connectivity index (χ4n) is 6.47. The SMILES string of the molecule is COc1cccc2c1C(=O)c1c(O)c3c(c(O)c1C2=O)C[C@@](O)(C(C=O)NOCC(=O)O)C[C@@H]3OC1CC(NC(=O)C(F)(F)F)C(O)C(C)O1. The normalized spacial score (nSPS) is 26.7. The maximum atomic E-state index is 13.9. The molecule has 16 nitrogen and oxygen atoms in total. The van der Waals surface area contributed by atoms with Crippen LogP contribution in [0.25, 0.3) is 0 Å². The molecular weight excluding hydrogens is 681 g/mol. The van der Waals surface area contributed by atoms with Crippen molar-refractivity contribution in [2.45, 2.75) is 74.6 Å². The van der Waals surface area contributed by atoms with Crippen LogP contribution in [-0.4, -0.2) is 111 Å². The second-order valence-electron chi connectivity index (χ2n) is 12.0. The van der Waals surface area contributed by atoms with Gasteiger partial charge in [0.1, 0.15) is 35.7 Å². The molecule has 0 aromatic heterocycles. The molecule has 2 aliphatic carbocycles. The third-order valence-electron chi connectivity index (χ3n) is 8.82. The zero-order valence-corrected chi connectivity index (χ0v) is 26.1. The van der Waals surface area contributed by atoms with Gasteiger partial charge in [0.2, 0.25) is 5.78 Å². The number of aromatic hydroxyl groups is 2. The molecule has 7 N–H and O–H groups in total. The predicted octanol–water partition coefficient (Wildman–Crippen LogP) is 0.333. The number of phenols is 2. The van der Waals surface area contributed by atoms with Crippen molar-refractivity contribution < 1.29 is 81.7 Å². The topological polar surface area (TPSA) is 247 Å². The Labute approximate surface area is 279 Å². The number of nitrogens with one attached hydrogen (secondary N) is 2. The van der Waals surface area contributed by atoms with Crippen LogP contribution in [0.4, 0.5) is 13.2 Å². The average molecular weight is 713 g/mol. The van der Waals surface area contributed by atoms with Gasteiger partial charge in [-0.3, -0.25) is 19.2 Å². The standard InChI is InChI=1S/C31H31F3N2O14/c1-11-24(40)14(35-29(45)31(32,33)34)6-19(49-11)50-16-8-30(46,17(9-37)36-48-10-18(38)39)7-13-21(16)28(44)23-22(26(13)42)25(41)12-4-3-5-15(47-2)20(12)27(23)43/h3-5,9,11,14,16-17,19,24,36,40,42,44,46H,6-8,10H2,1-2H3,(H,35,45)(H,38,39)/t11?,14?,16-,17?,19?,24?,30-/m0/s1. The van der Waals surface area contributed by atoms with Crippen LogP contribution in [-0.2, 0) is 35.1 Å². The highest BCUT2D eigenvalue weighted by atomic mass is 19.4. The van der Waals surface area contributed by atoms with Crippen LogP contribution in [0.3, 0.4) is 0 Å². The van der Waals surface area contributed by atoms with Crippen LogP contribution in [0, 0.1) is 0 Å². The third kappa shape index (κ3) is 6.50. The van der Waals surface area contributed by atoms with Crippen molar-refractivity contribution >= 4 is 29.7 Å². The van der Waals surface area contributed by atoms with E-state index in [0.29, 0.717) is 0 Å². The second-order valence-corrected chi connectivity index (χ2v) is 12.0. The summed E-state index contributed by atoms with van der Waals surface area (Å²) in [6, 6.07) is 0.750. The zero-order chi connectivity index (χ0) is 36.9. The lowest BCUT2D eigenvalue weighted by molar-refractivity contribution is -0.252. The number of ketones is 2. The lowest BCUT2D eigenvalue weighted by Crippen LogP contribution is -2.58. The Morgan fingerprint density at radius 1 is 1.14 bits per heavy atom. The van der Waals surface area contributed by atoms with Gasteiger partial charge in [0, 0.05) is 36.0 Å². The number of amides is 1. The number of carbonyl (C=O) groups is 5. The number of ether oxygens (including phenoxy) is 3. The van der Waals surface area contributed by atoms with Crippen molar-refractivity contribution in [3.05, 3.63) is 51.6 Å². The number of hydroxylamine groups is 1. The molecule has 7 atom stereocenters. The van der Waals surface area contributed by atoms with Crippen molar-refractivity contribution in [2.75, 3.05) is 13.7 Å². The van der Waals surface area contributed by atoms with Crippen molar-refractivity contribution in [3.8, 4) is 17.2 Å². The Morgan fingerprint density at radius 2 is 1.82 bits per heavy atom. The van der Waals surface area contributed by atoms with Gasteiger partial charge in [-0.15, -0.1) is 0 Å². The van der Waals surface area contributed by atoms with E-state index in [0.717, 1.165) is 0 Å². The molecule has 1 heterocycles. The molecule has 1 fully saturated rings. The minimum absolute atomic E-state index is 0.0263. The van der Waals surface area contributed by atoms with E-state index in [1.807, 2.05) is 0 Å². The highest BCUT2D eigenvalue weighted by Crippen LogP contribution is 2.53. The van der Waals surface area contributed by atoms with E-state index in [1.54, 1.807) is 5.32 Å². The smallest absolute Gasteiger partial charge is 0.471 e. The number of alkyl halides is 3. The highest BCUT2D eigenvalue weighted by Gasteiger charge is 2.51. The quantitative estimate of drug-likeness (QED) is 0.0851. The summed E-state index contributed by atoms with van der Waals surface area (Å²) in [5.74, 6) is -7.44. The summed E-state index contributed by atoms with van der Waals surface area (Å²) in [5.41, 5.74) is -2.70. The third-order valence-corrected chi connectivity index (χ3v) is 8.82. The highest BCUT2D eigenvalue weighted by molar-refractivity contribution is 6.31. The van der Waals surface area contributed by atoms with Crippen LogP contribution in [0.5, 0.6) is 17.2 Å². The van der Waals surface area contributed by atoms with Gasteiger partial charge < -0.3 is 49.9 Å². The van der Waals surface area contributed by atoms with Gasteiger partial charge in [0.25, 0.3) is 0 Å². The molecule has 0 radical (unpaired) electrons. The van der Waals surface area contributed by atoms with Crippen molar-refractivity contribution in [1.29, 1.82) is 0 Å². The number of aliphatic hydroxyl groups excluding tert-OH is 1. The lowest BCUT2D eigenvalue weighted by atomic mass is 9.71. The van der Waals surface area contributed by atoms with E-state index in [4.69, 9.17) is 24.2 Å². The molecule has 19 heteroatoms. The number of hydrogen-bond donors (Lipinski definition) is 7. The summed E-state index contributed by atoms with van der Waals surface area (Å²) in [4.78, 5) is 67.2. The largest absolute Gasteiger partial charge is 0.507 e. The van der Waals surface area contributed by atoms with Gasteiger partial charge in [-0.2, -0.15) is 18.7 Å². The fraction of sp³-hybridized carbons (Fsp3) is 0.452. The molecule has 0 saturated carbocycles. The summed E-state index contributed by atoms with van der Waals surface area (Å²) in [6.45, 7) is 0.302. The molecule has 1 aliphatic heterocycles. The molecule has 3 aliphatic rings. The van der Waals surface area contributed by atoms with Gasteiger partial charge in [-0.05, 0) is 13.0 Å². The van der Waals surface area contributed by atoms with Crippen molar-refractivity contribution in [3.63, 3.8) is 0 Å². The molecule has 1 saturated heterocycles. The van der Waals surface area contributed by atoms with E-state index < -0.39 is 120 Å².